The molecule has 0 fully saturated rings. The summed E-state index contributed by atoms with van der Waals surface area (Å²) in [6, 6.07) is 0. The average Bonchev–Trinajstić information content (AvgIpc) is 2.40. The molecule has 0 saturated carbocycles. The average molecular weight is 149 g/mol. The summed E-state index contributed by atoms with van der Waals surface area (Å²) in [5.41, 5.74) is 2.18. The number of rotatable bonds is 1. The molecule has 2 rings (SSSR count). The number of nitrogens with one attached hydrogen (secondary N) is 1. The van der Waals surface area contributed by atoms with Gasteiger partial charge in [-0.3, -0.25) is 4.99 Å². The molecule has 1 aliphatic heterocycles. The first kappa shape index (κ1) is 6.58. The van der Waals surface area contributed by atoms with Crippen LogP contribution in [0.25, 0.3) is 0 Å². The maximum Gasteiger partial charge on any atom is 0.109 e. The van der Waals surface area contributed by atoms with E-state index < -0.39 is 0 Å². The molecule has 3 nitrogen and oxygen atoms in total. The Morgan fingerprint density at radius 3 is 3.00 bits per heavy atom. The summed E-state index contributed by atoms with van der Waals surface area (Å²) in [6.07, 6.45) is 1.83. The molecule has 0 bridgehead atoms. The molecule has 0 radical (unpaired) electrons. The molecule has 0 aromatic carbocycles. The predicted molar refractivity (Wildman–Crippen MR) is 44.0 cm³/mol. The van der Waals surface area contributed by atoms with Gasteiger partial charge in [0.15, 0.2) is 0 Å². The molecule has 11 heavy (non-hydrogen) atoms. The summed E-state index contributed by atoms with van der Waals surface area (Å²) in [6.45, 7) is 5.03. The largest absolute Gasteiger partial charge is 0.344 e. The fourth-order valence-electron chi connectivity index (χ4n) is 1.17. The van der Waals surface area contributed by atoms with Gasteiger partial charge in [0.1, 0.15) is 11.5 Å². The van der Waals surface area contributed by atoms with E-state index in [1.165, 1.54) is 0 Å². The van der Waals surface area contributed by atoms with Crippen LogP contribution in [0.3, 0.4) is 0 Å². The smallest absolute Gasteiger partial charge is 0.109 e. The van der Waals surface area contributed by atoms with Gasteiger partial charge in [0.25, 0.3) is 0 Å². The lowest BCUT2D eigenvalue weighted by atomic mass is 10.2. The standard InChI is InChI=1S/C8H11N3/c1-5(2)8-10-6-3-9-4-7(6)11-8/h3,5H,4H2,1-2H3,(H,10,11). The van der Waals surface area contributed by atoms with Gasteiger partial charge < -0.3 is 4.98 Å². The lowest BCUT2D eigenvalue weighted by Gasteiger charge is -1.96. The third-order valence-corrected chi connectivity index (χ3v) is 1.84. The first-order chi connectivity index (χ1) is 5.27. The van der Waals surface area contributed by atoms with Gasteiger partial charge in [-0.15, -0.1) is 0 Å². The third-order valence-electron chi connectivity index (χ3n) is 1.84. The maximum atomic E-state index is 4.39. The van der Waals surface area contributed by atoms with Gasteiger partial charge in [0.2, 0.25) is 0 Å². The van der Waals surface area contributed by atoms with Gasteiger partial charge in [0, 0.05) is 12.1 Å². The molecule has 1 aromatic heterocycles. The number of hydrogen-bond acceptors (Lipinski definition) is 2. The Kier molecular flexibility index (Phi) is 1.31. The number of fused-ring (bicyclic) bond motifs is 1. The van der Waals surface area contributed by atoms with Crippen LogP contribution in [-0.4, -0.2) is 16.2 Å². The Bertz CT molecular complexity index is 296. The summed E-state index contributed by atoms with van der Waals surface area (Å²) in [7, 11) is 0. The molecular weight excluding hydrogens is 138 g/mol. The number of aliphatic imine (C=N–C) groups is 1. The van der Waals surface area contributed by atoms with Crippen molar-refractivity contribution in [1.29, 1.82) is 0 Å². The van der Waals surface area contributed by atoms with Crippen LogP contribution in [0.15, 0.2) is 4.99 Å². The molecule has 0 atom stereocenters. The van der Waals surface area contributed by atoms with Crippen LogP contribution in [0, 0.1) is 0 Å². The van der Waals surface area contributed by atoms with Crippen molar-refractivity contribution in [2.24, 2.45) is 4.99 Å². The van der Waals surface area contributed by atoms with Gasteiger partial charge in [-0.1, -0.05) is 13.8 Å². The van der Waals surface area contributed by atoms with E-state index in [0.29, 0.717) is 5.92 Å². The van der Waals surface area contributed by atoms with Crippen molar-refractivity contribution < 1.29 is 0 Å². The monoisotopic (exact) mass is 149 g/mol. The maximum absolute atomic E-state index is 4.39. The normalized spacial score (nSPS) is 14.5. The quantitative estimate of drug-likeness (QED) is 0.645. The minimum Gasteiger partial charge on any atom is -0.344 e. The summed E-state index contributed by atoms with van der Waals surface area (Å²) >= 11 is 0. The molecule has 1 aromatic rings. The van der Waals surface area contributed by atoms with E-state index >= 15 is 0 Å². The minimum absolute atomic E-state index is 0.481. The molecule has 0 saturated heterocycles. The summed E-state index contributed by atoms with van der Waals surface area (Å²) in [5, 5.41) is 0. The van der Waals surface area contributed by atoms with Crippen LogP contribution in [-0.2, 0) is 6.54 Å². The molecular formula is C8H11N3. The van der Waals surface area contributed by atoms with Crippen molar-refractivity contribution in [3.8, 4) is 0 Å². The highest BCUT2D eigenvalue weighted by Crippen LogP contribution is 2.16. The Hall–Kier alpha value is -1.12. The molecule has 0 spiro atoms. The van der Waals surface area contributed by atoms with Gasteiger partial charge in [-0.05, 0) is 0 Å². The van der Waals surface area contributed by atoms with E-state index in [2.05, 4.69) is 28.8 Å². The van der Waals surface area contributed by atoms with Crippen LogP contribution < -0.4 is 0 Å². The highest BCUT2D eigenvalue weighted by molar-refractivity contribution is 5.81. The van der Waals surface area contributed by atoms with E-state index in [1.54, 1.807) is 0 Å². The van der Waals surface area contributed by atoms with Crippen molar-refractivity contribution in [3.05, 3.63) is 17.2 Å². The van der Waals surface area contributed by atoms with Crippen LogP contribution in [0.5, 0.6) is 0 Å². The lowest BCUT2D eigenvalue weighted by molar-refractivity contribution is 0.787. The van der Waals surface area contributed by atoms with Crippen LogP contribution >= 0.6 is 0 Å². The lowest BCUT2D eigenvalue weighted by Crippen LogP contribution is -1.90. The molecule has 1 aliphatic rings. The third kappa shape index (κ3) is 0.964. The number of aromatic amines is 1. The fraction of sp³-hybridized carbons (Fsp3) is 0.500. The van der Waals surface area contributed by atoms with Crippen molar-refractivity contribution in [3.63, 3.8) is 0 Å². The van der Waals surface area contributed by atoms with E-state index in [-0.39, 0.29) is 0 Å². The van der Waals surface area contributed by atoms with Gasteiger partial charge >= 0.3 is 0 Å². The van der Waals surface area contributed by atoms with E-state index in [0.717, 1.165) is 23.8 Å². The minimum atomic E-state index is 0.481. The summed E-state index contributed by atoms with van der Waals surface area (Å²) < 4.78 is 0. The Balaban J connectivity index is 2.41. The predicted octanol–water partition coefficient (Wildman–Crippen LogP) is 1.47. The topological polar surface area (TPSA) is 41.0 Å². The van der Waals surface area contributed by atoms with Crippen molar-refractivity contribution in [1.82, 2.24) is 9.97 Å². The van der Waals surface area contributed by atoms with E-state index in [9.17, 15) is 0 Å². The van der Waals surface area contributed by atoms with Crippen molar-refractivity contribution in [2.75, 3.05) is 0 Å². The Labute approximate surface area is 65.6 Å². The first-order valence-electron chi connectivity index (χ1n) is 3.86. The van der Waals surface area contributed by atoms with E-state index in [1.807, 2.05) is 6.21 Å². The Morgan fingerprint density at radius 1 is 1.55 bits per heavy atom. The molecule has 0 unspecified atom stereocenters. The van der Waals surface area contributed by atoms with Crippen LogP contribution in [0.4, 0.5) is 0 Å². The number of aromatic nitrogens is 2. The second kappa shape index (κ2) is 2.19. The van der Waals surface area contributed by atoms with Crippen molar-refractivity contribution >= 4 is 6.21 Å². The van der Waals surface area contributed by atoms with Gasteiger partial charge in [-0.2, -0.15) is 0 Å². The molecule has 58 valence electrons. The highest BCUT2D eigenvalue weighted by Gasteiger charge is 2.13. The van der Waals surface area contributed by atoms with Crippen LogP contribution in [0.2, 0.25) is 0 Å². The zero-order valence-corrected chi connectivity index (χ0v) is 6.76. The molecule has 0 amide bonds. The van der Waals surface area contributed by atoms with Crippen molar-refractivity contribution in [2.45, 2.75) is 26.3 Å². The van der Waals surface area contributed by atoms with Crippen LogP contribution in [0.1, 0.15) is 37.0 Å². The zero-order chi connectivity index (χ0) is 7.84. The molecule has 2 heterocycles. The fourth-order valence-corrected chi connectivity index (χ4v) is 1.17. The first-order valence-corrected chi connectivity index (χ1v) is 3.86. The number of hydrogen-bond donors (Lipinski definition) is 1. The molecule has 3 heteroatoms. The zero-order valence-electron chi connectivity index (χ0n) is 6.76. The highest BCUT2D eigenvalue weighted by atomic mass is 15.0. The Morgan fingerprint density at radius 2 is 2.36 bits per heavy atom. The SMILES string of the molecule is CC(C)c1nc2c([nH]1)CN=C2. The second-order valence-electron chi connectivity index (χ2n) is 3.11. The molecule has 0 aliphatic carbocycles. The molecule has 1 N–H and O–H groups in total. The number of nitrogens with zero attached hydrogens (tertiary/aromatic N) is 2. The number of imidazole rings is 1. The van der Waals surface area contributed by atoms with Gasteiger partial charge in [0.05, 0.1) is 12.2 Å². The second-order valence-corrected chi connectivity index (χ2v) is 3.11. The summed E-state index contributed by atoms with van der Waals surface area (Å²) in [4.78, 5) is 11.7. The number of H-pyrrole nitrogens is 1. The van der Waals surface area contributed by atoms with E-state index in [4.69, 9.17) is 0 Å². The summed E-state index contributed by atoms with van der Waals surface area (Å²) in [5.74, 6) is 1.55. The van der Waals surface area contributed by atoms with Gasteiger partial charge in [-0.25, -0.2) is 4.98 Å².